The second kappa shape index (κ2) is 4.18. The fourth-order valence-electron chi connectivity index (χ4n) is 2.17. The van der Waals surface area contributed by atoms with Crippen LogP contribution in [0, 0.1) is 6.92 Å². The number of pyridine rings is 1. The third-order valence-electron chi connectivity index (χ3n) is 2.98. The van der Waals surface area contributed by atoms with Gasteiger partial charge in [-0.1, -0.05) is 29.8 Å². The van der Waals surface area contributed by atoms with E-state index in [1.807, 2.05) is 16.8 Å². The Balaban J connectivity index is 1.98. The van der Waals surface area contributed by atoms with E-state index in [0.717, 1.165) is 12.1 Å². The number of aryl methyl sites for hydroxylation is 1. The van der Waals surface area contributed by atoms with Crippen LogP contribution in [-0.4, -0.2) is 14.5 Å². The molecule has 0 aliphatic rings. The number of nitrogens with zero attached hydrogens (tertiary/aromatic N) is 2. The van der Waals surface area contributed by atoms with E-state index in [1.54, 1.807) is 12.1 Å². The first-order valence-corrected chi connectivity index (χ1v) is 5.93. The smallest absolute Gasteiger partial charge is 0.179 e. The van der Waals surface area contributed by atoms with Crippen molar-refractivity contribution in [2.24, 2.45) is 0 Å². The van der Waals surface area contributed by atoms with Gasteiger partial charge in [0.05, 0.1) is 5.69 Å². The molecule has 0 atom stereocenters. The van der Waals surface area contributed by atoms with E-state index in [-0.39, 0.29) is 5.75 Å². The molecule has 0 spiro atoms. The quantitative estimate of drug-likeness (QED) is 0.745. The Hall–Kier alpha value is -2.29. The van der Waals surface area contributed by atoms with Crippen molar-refractivity contribution in [3.63, 3.8) is 0 Å². The van der Waals surface area contributed by atoms with Crippen molar-refractivity contribution in [1.82, 2.24) is 9.38 Å². The summed E-state index contributed by atoms with van der Waals surface area (Å²) in [7, 11) is 0. The Morgan fingerprint density at radius 2 is 2.11 bits per heavy atom. The first-order valence-electron chi connectivity index (χ1n) is 5.93. The average Bonchev–Trinajstić information content (AvgIpc) is 2.73. The molecule has 0 fully saturated rings. The second-order valence-electron chi connectivity index (χ2n) is 4.52. The van der Waals surface area contributed by atoms with Gasteiger partial charge in [0.15, 0.2) is 11.4 Å². The molecule has 2 aromatic heterocycles. The fraction of sp³-hybridized carbons (Fsp3) is 0.133. The molecule has 3 aromatic rings. The minimum absolute atomic E-state index is 0.216. The van der Waals surface area contributed by atoms with Gasteiger partial charge in [-0.25, -0.2) is 4.98 Å². The molecule has 0 aliphatic carbocycles. The largest absolute Gasteiger partial charge is 0.504 e. The monoisotopic (exact) mass is 238 g/mol. The van der Waals surface area contributed by atoms with Crippen LogP contribution in [0.5, 0.6) is 5.75 Å². The average molecular weight is 238 g/mol. The molecule has 1 aromatic carbocycles. The molecule has 0 amide bonds. The molecule has 0 unspecified atom stereocenters. The van der Waals surface area contributed by atoms with Crippen LogP contribution in [0.15, 0.2) is 48.8 Å². The van der Waals surface area contributed by atoms with Crippen molar-refractivity contribution in [1.29, 1.82) is 0 Å². The van der Waals surface area contributed by atoms with E-state index in [0.29, 0.717) is 5.65 Å². The lowest BCUT2D eigenvalue weighted by Gasteiger charge is -1.99. The first-order chi connectivity index (χ1) is 8.72. The zero-order valence-electron chi connectivity index (χ0n) is 10.2. The molecule has 0 aliphatic heterocycles. The van der Waals surface area contributed by atoms with E-state index in [9.17, 15) is 5.11 Å². The van der Waals surface area contributed by atoms with E-state index in [4.69, 9.17) is 0 Å². The van der Waals surface area contributed by atoms with Gasteiger partial charge in [-0.15, -0.1) is 0 Å². The van der Waals surface area contributed by atoms with Crippen molar-refractivity contribution in [2.45, 2.75) is 13.3 Å². The normalized spacial score (nSPS) is 10.9. The van der Waals surface area contributed by atoms with Crippen LogP contribution < -0.4 is 0 Å². The molecule has 3 rings (SSSR count). The number of aromatic hydroxyl groups is 1. The molecule has 3 nitrogen and oxygen atoms in total. The zero-order valence-corrected chi connectivity index (χ0v) is 10.2. The van der Waals surface area contributed by atoms with E-state index < -0.39 is 0 Å². The number of aromatic nitrogens is 2. The van der Waals surface area contributed by atoms with Crippen molar-refractivity contribution >= 4 is 5.65 Å². The van der Waals surface area contributed by atoms with Gasteiger partial charge in [-0.3, -0.25) is 0 Å². The van der Waals surface area contributed by atoms with Gasteiger partial charge < -0.3 is 9.51 Å². The lowest BCUT2D eigenvalue weighted by molar-refractivity contribution is 0.477. The third-order valence-corrected chi connectivity index (χ3v) is 2.98. The SMILES string of the molecule is Cc1cccc(Cc2cn3cccc(O)c3n2)c1. The summed E-state index contributed by atoms with van der Waals surface area (Å²) in [5.74, 6) is 0.216. The minimum Gasteiger partial charge on any atom is -0.504 e. The van der Waals surface area contributed by atoms with Crippen molar-refractivity contribution in [3.05, 3.63) is 65.6 Å². The standard InChI is InChI=1S/C15H14N2O/c1-11-4-2-5-12(8-11)9-13-10-17-7-3-6-14(18)15(17)16-13/h2-8,10,18H,9H2,1H3. The molecule has 1 N–H and O–H groups in total. The van der Waals surface area contributed by atoms with Crippen molar-refractivity contribution in [2.75, 3.05) is 0 Å². The van der Waals surface area contributed by atoms with Crippen LogP contribution in [0.1, 0.15) is 16.8 Å². The summed E-state index contributed by atoms with van der Waals surface area (Å²) in [6.45, 7) is 2.08. The summed E-state index contributed by atoms with van der Waals surface area (Å²) in [4.78, 5) is 4.45. The van der Waals surface area contributed by atoms with E-state index in [2.05, 4.69) is 36.2 Å². The lowest BCUT2D eigenvalue weighted by Crippen LogP contribution is -1.88. The highest BCUT2D eigenvalue weighted by Gasteiger charge is 2.05. The first kappa shape index (κ1) is 10.8. The Labute approximate surface area is 105 Å². The van der Waals surface area contributed by atoms with Crippen LogP contribution in [0.25, 0.3) is 5.65 Å². The summed E-state index contributed by atoms with van der Waals surface area (Å²) in [6.07, 6.45) is 4.63. The van der Waals surface area contributed by atoms with Crippen LogP contribution in [0.4, 0.5) is 0 Å². The van der Waals surface area contributed by atoms with Gasteiger partial charge in [0.1, 0.15) is 0 Å². The molecule has 3 heteroatoms. The Morgan fingerprint density at radius 3 is 2.89 bits per heavy atom. The number of benzene rings is 1. The summed E-state index contributed by atoms with van der Waals surface area (Å²) in [6, 6.07) is 11.8. The molecule has 0 saturated carbocycles. The maximum atomic E-state index is 9.71. The van der Waals surface area contributed by atoms with Gasteiger partial charge in [-0.2, -0.15) is 0 Å². The Bertz CT molecular complexity index is 701. The minimum atomic E-state index is 0.216. The highest BCUT2D eigenvalue weighted by molar-refractivity contribution is 5.53. The van der Waals surface area contributed by atoms with Gasteiger partial charge in [-0.05, 0) is 24.6 Å². The summed E-state index contributed by atoms with van der Waals surface area (Å²) in [5, 5.41) is 9.71. The molecule has 18 heavy (non-hydrogen) atoms. The Kier molecular flexibility index (Phi) is 2.52. The van der Waals surface area contributed by atoms with Gasteiger partial charge >= 0.3 is 0 Å². The van der Waals surface area contributed by atoms with E-state index >= 15 is 0 Å². The highest BCUT2D eigenvalue weighted by atomic mass is 16.3. The molecule has 0 bridgehead atoms. The molecular weight excluding hydrogens is 224 g/mol. The second-order valence-corrected chi connectivity index (χ2v) is 4.52. The van der Waals surface area contributed by atoms with Crippen LogP contribution in [0.2, 0.25) is 0 Å². The molecular formula is C15H14N2O. The van der Waals surface area contributed by atoms with Crippen molar-refractivity contribution < 1.29 is 5.11 Å². The van der Waals surface area contributed by atoms with Crippen LogP contribution in [-0.2, 0) is 6.42 Å². The lowest BCUT2D eigenvalue weighted by atomic mass is 10.1. The summed E-state index contributed by atoms with van der Waals surface area (Å²) in [5.41, 5.74) is 4.05. The number of rotatable bonds is 2. The van der Waals surface area contributed by atoms with Crippen molar-refractivity contribution in [3.8, 4) is 5.75 Å². The predicted octanol–water partition coefficient (Wildman–Crippen LogP) is 2.94. The number of imidazole rings is 1. The number of hydrogen-bond acceptors (Lipinski definition) is 2. The fourth-order valence-corrected chi connectivity index (χ4v) is 2.17. The zero-order chi connectivity index (χ0) is 12.5. The summed E-state index contributed by atoms with van der Waals surface area (Å²) >= 11 is 0. The maximum absolute atomic E-state index is 9.71. The summed E-state index contributed by atoms with van der Waals surface area (Å²) < 4.78 is 1.85. The molecule has 0 radical (unpaired) electrons. The predicted molar refractivity (Wildman–Crippen MR) is 70.8 cm³/mol. The van der Waals surface area contributed by atoms with E-state index in [1.165, 1.54) is 11.1 Å². The third kappa shape index (κ3) is 1.95. The Morgan fingerprint density at radius 1 is 1.22 bits per heavy atom. The molecule has 0 saturated heterocycles. The van der Waals surface area contributed by atoms with Gasteiger partial charge in [0, 0.05) is 18.8 Å². The maximum Gasteiger partial charge on any atom is 0.179 e. The molecule has 2 heterocycles. The number of fused-ring (bicyclic) bond motifs is 1. The van der Waals surface area contributed by atoms with Crippen LogP contribution in [0.3, 0.4) is 0 Å². The van der Waals surface area contributed by atoms with Gasteiger partial charge in [0.25, 0.3) is 0 Å². The topological polar surface area (TPSA) is 37.5 Å². The number of hydrogen-bond donors (Lipinski definition) is 1. The van der Waals surface area contributed by atoms with Gasteiger partial charge in [0.2, 0.25) is 0 Å². The van der Waals surface area contributed by atoms with Crippen LogP contribution >= 0.6 is 0 Å². The molecule has 90 valence electrons. The highest BCUT2D eigenvalue weighted by Crippen LogP contribution is 2.18.